The van der Waals surface area contributed by atoms with E-state index >= 15 is 0 Å². The van der Waals surface area contributed by atoms with Crippen LogP contribution in [0.25, 0.3) is 0 Å². The van der Waals surface area contributed by atoms with Crippen LogP contribution in [0.1, 0.15) is 39.0 Å². The maximum atomic E-state index is 10.1. The highest BCUT2D eigenvalue weighted by Gasteiger charge is 2.14. The molecule has 2 heteroatoms. The molecule has 0 bridgehead atoms. The third-order valence-electron chi connectivity index (χ3n) is 2.92. The Hall–Kier alpha value is -0.370. The molecule has 0 N–H and O–H groups in total. The normalized spacial score (nSPS) is 20.4. The minimum atomic E-state index is 0.740. The molecule has 13 heavy (non-hydrogen) atoms. The van der Waals surface area contributed by atoms with Gasteiger partial charge < -0.3 is 9.69 Å². The Morgan fingerprint density at radius 2 is 2.00 bits per heavy atom. The first kappa shape index (κ1) is 10.7. The Balaban J connectivity index is 1.99. The van der Waals surface area contributed by atoms with Crippen molar-refractivity contribution < 1.29 is 4.79 Å². The Morgan fingerprint density at radius 1 is 1.31 bits per heavy atom. The monoisotopic (exact) mass is 183 g/mol. The summed E-state index contributed by atoms with van der Waals surface area (Å²) < 4.78 is 0. The first-order chi connectivity index (χ1) is 6.33. The van der Waals surface area contributed by atoms with Gasteiger partial charge in [-0.25, -0.2) is 0 Å². The van der Waals surface area contributed by atoms with Gasteiger partial charge in [0, 0.05) is 6.42 Å². The van der Waals surface area contributed by atoms with Gasteiger partial charge in [-0.15, -0.1) is 0 Å². The van der Waals surface area contributed by atoms with Crippen LogP contribution in [0.3, 0.4) is 0 Å². The summed E-state index contributed by atoms with van der Waals surface area (Å²) in [5, 5.41) is 0. The van der Waals surface area contributed by atoms with E-state index in [1.165, 1.54) is 38.9 Å². The molecule has 0 radical (unpaired) electrons. The molecule has 0 spiro atoms. The summed E-state index contributed by atoms with van der Waals surface area (Å²) in [5.41, 5.74) is 0. The molecule has 0 aromatic heterocycles. The molecular weight excluding hydrogens is 162 g/mol. The smallest absolute Gasteiger partial charge is 0.119 e. The number of nitrogens with zero attached hydrogens (tertiary/aromatic N) is 1. The zero-order valence-electron chi connectivity index (χ0n) is 8.67. The lowest BCUT2D eigenvalue weighted by Crippen LogP contribution is -2.33. The third-order valence-corrected chi connectivity index (χ3v) is 2.92. The topological polar surface area (TPSA) is 20.3 Å². The molecule has 0 amide bonds. The number of aldehydes is 1. The molecule has 0 aromatic carbocycles. The molecular formula is C11H21NO. The van der Waals surface area contributed by atoms with E-state index in [1.54, 1.807) is 0 Å². The Bertz CT molecular complexity index is 139. The van der Waals surface area contributed by atoms with E-state index in [9.17, 15) is 4.79 Å². The lowest BCUT2D eigenvalue weighted by molar-refractivity contribution is -0.107. The van der Waals surface area contributed by atoms with Gasteiger partial charge in [-0.1, -0.05) is 6.92 Å². The minimum absolute atomic E-state index is 0.740. The van der Waals surface area contributed by atoms with E-state index in [-0.39, 0.29) is 0 Å². The van der Waals surface area contributed by atoms with E-state index in [2.05, 4.69) is 11.8 Å². The van der Waals surface area contributed by atoms with Crippen molar-refractivity contribution in [3.05, 3.63) is 0 Å². The van der Waals surface area contributed by atoms with Crippen LogP contribution in [-0.4, -0.2) is 30.8 Å². The van der Waals surface area contributed by atoms with Crippen molar-refractivity contribution in [1.82, 2.24) is 4.90 Å². The Kier molecular flexibility index (Phi) is 5.06. The second-order valence-electron chi connectivity index (χ2n) is 4.19. The van der Waals surface area contributed by atoms with Gasteiger partial charge in [0.1, 0.15) is 6.29 Å². The minimum Gasteiger partial charge on any atom is -0.303 e. The van der Waals surface area contributed by atoms with Crippen LogP contribution in [0.15, 0.2) is 0 Å². The molecule has 1 fully saturated rings. The van der Waals surface area contributed by atoms with E-state index in [1.807, 2.05) is 0 Å². The van der Waals surface area contributed by atoms with Crippen LogP contribution >= 0.6 is 0 Å². The number of unbranched alkanes of at least 4 members (excludes halogenated alkanes) is 2. The maximum absolute atomic E-state index is 10.1. The zero-order valence-corrected chi connectivity index (χ0v) is 8.67. The molecule has 0 saturated carbocycles. The number of rotatable bonds is 5. The number of piperidine rings is 1. The van der Waals surface area contributed by atoms with E-state index in [0.717, 1.165) is 25.0 Å². The Morgan fingerprint density at radius 3 is 2.62 bits per heavy atom. The zero-order chi connectivity index (χ0) is 9.52. The van der Waals surface area contributed by atoms with Gasteiger partial charge in [0.2, 0.25) is 0 Å². The average molecular weight is 183 g/mol. The lowest BCUT2D eigenvalue weighted by Gasteiger charge is -2.29. The third kappa shape index (κ3) is 4.41. The van der Waals surface area contributed by atoms with E-state index in [4.69, 9.17) is 0 Å². The van der Waals surface area contributed by atoms with Crippen LogP contribution < -0.4 is 0 Å². The first-order valence-electron chi connectivity index (χ1n) is 5.49. The van der Waals surface area contributed by atoms with Crippen molar-refractivity contribution in [3.8, 4) is 0 Å². The van der Waals surface area contributed by atoms with Crippen molar-refractivity contribution in [2.24, 2.45) is 5.92 Å². The van der Waals surface area contributed by atoms with Gasteiger partial charge >= 0.3 is 0 Å². The fourth-order valence-electron chi connectivity index (χ4n) is 1.85. The van der Waals surface area contributed by atoms with Gasteiger partial charge in [-0.2, -0.15) is 0 Å². The van der Waals surface area contributed by atoms with Crippen molar-refractivity contribution in [2.45, 2.75) is 39.0 Å². The standard InChI is InChI=1S/C11H21NO/c1-11-5-8-12(9-6-11)7-3-2-4-10-13/h10-11H,2-9H2,1H3. The highest BCUT2D eigenvalue weighted by Crippen LogP contribution is 2.16. The molecule has 0 atom stereocenters. The van der Waals surface area contributed by atoms with Crippen LogP contribution in [0, 0.1) is 5.92 Å². The lowest BCUT2D eigenvalue weighted by atomic mass is 9.99. The summed E-state index contributed by atoms with van der Waals surface area (Å²) in [4.78, 5) is 12.6. The first-order valence-corrected chi connectivity index (χ1v) is 5.49. The average Bonchev–Trinajstić information content (AvgIpc) is 2.15. The number of carbonyl (C=O) groups is 1. The van der Waals surface area contributed by atoms with Gasteiger partial charge in [-0.3, -0.25) is 0 Å². The van der Waals surface area contributed by atoms with E-state index in [0.29, 0.717) is 0 Å². The number of hydrogen-bond donors (Lipinski definition) is 0. The van der Waals surface area contributed by atoms with Crippen LogP contribution in [0.2, 0.25) is 0 Å². The molecule has 1 aliphatic rings. The Labute approximate surface area is 81.3 Å². The molecule has 2 nitrogen and oxygen atoms in total. The molecule has 1 heterocycles. The van der Waals surface area contributed by atoms with Crippen LogP contribution in [-0.2, 0) is 4.79 Å². The molecule has 1 aliphatic heterocycles. The maximum Gasteiger partial charge on any atom is 0.119 e. The molecule has 0 unspecified atom stereocenters. The summed E-state index contributed by atoms with van der Waals surface area (Å²) in [6.07, 6.45) is 6.73. The van der Waals surface area contributed by atoms with Gasteiger partial charge in [0.05, 0.1) is 0 Å². The SMILES string of the molecule is CC1CCN(CCCCC=O)CC1. The predicted molar refractivity (Wildman–Crippen MR) is 54.8 cm³/mol. The molecule has 0 aliphatic carbocycles. The van der Waals surface area contributed by atoms with Crippen LogP contribution in [0.5, 0.6) is 0 Å². The molecule has 76 valence electrons. The fraction of sp³-hybridized carbons (Fsp3) is 0.909. The summed E-state index contributed by atoms with van der Waals surface area (Å²) in [6.45, 7) is 6.06. The number of carbonyl (C=O) groups excluding carboxylic acids is 1. The van der Waals surface area contributed by atoms with Crippen LogP contribution in [0.4, 0.5) is 0 Å². The highest BCUT2D eigenvalue weighted by atomic mass is 16.1. The summed E-state index contributed by atoms with van der Waals surface area (Å²) in [6, 6.07) is 0. The molecule has 0 aromatic rings. The van der Waals surface area contributed by atoms with Crippen molar-refractivity contribution in [1.29, 1.82) is 0 Å². The summed E-state index contributed by atoms with van der Waals surface area (Å²) >= 11 is 0. The second kappa shape index (κ2) is 6.14. The van der Waals surface area contributed by atoms with Crippen molar-refractivity contribution >= 4 is 6.29 Å². The summed E-state index contributed by atoms with van der Waals surface area (Å²) in [5.74, 6) is 0.922. The van der Waals surface area contributed by atoms with E-state index < -0.39 is 0 Å². The quantitative estimate of drug-likeness (QED) is 0.480. The predicted octanol–water partition coefficient (Wildman–Crippen LogP) is 2.09. The fourth-order valence-corrected chi connectivity index (χ4v) is 1.85. The van der Waals surface area contributed by atoms with Crippen molar-refractivity contribution in [3.63, 3.8) is 0 Å². The second-order valence-corrected chi connectivity index (χ2v) is 4.19. The molecule has 1 rings (SSSR count). The van der Waals surface area contributed by atoms with Gasteiger partial charge in [-0.05, 0) is 51.2 Å². The van der Waals surface area contributed by atoms with Crippen molar-refractivity contribution in [2.75, 3.05) is 19.6 Å². The van der Waals surface area contributed by atoms with Gasteiger partial charge in [0.15, 0.2) is 0 Å². The summed E-state index contributed by atoms with van der Waals surface area (Å²) in [7, 11) is 0. The van der Waals surface area contributed by atoms with Gasteiger partial charge in [0.25, 0.3) is 0 Å². The largest absolute Gasteiger partial charge is 0.303 e. The number of likely N-dealkylation sites (tertiary alicyclic amines) is 1. The number of hydrogen-bond acceptors (Lipinski definition) is 2. The highest BCUT2D eigenvalue weighted by molar-refractivity contribution is 5.48. The molecule has 1 saturated heterocycles.